The zero-order chi connectivity index (χ0) is 25.6. The molecule has 0 aromatic heterocycles. The van der Waals surface area contributed by atoms with Crippen LogP contribution in [0.5, 0.6) is 0 Å². The number of nitriles is 1. The van der Waals surface area contributed by atoms with Crippen LogP contribution in [0.2, 0.25) is 0 Å². The summed E-state index contributed by atoms with van der Waals surface area (Å²) in [5, 5.41) is 10.3. The van der Waals surface area contributed by atoms with Crippen LogP contribution in [0.15, 0.2) is 53.4 Å². The van der Waals surface area contributed by atoms with E-state index in [0.717, 1.165) is 47.4 Å². The summed E-state index contributed by atoms with van der Waals surface area (Å²) >= 11 is 0. The lowest BCUT2D eigenvalue weighted by Gasteiger charge is -2.25. The van der Waals surface area contributed by atoms with E-state index in [1.807, 2.05) is 6.07 Å². The molecule has 2 fully saturated rings. The largest absolute Gasteiger partial charge is 0.417 e. The molecular weight excluding hydrogens is 490 g/mol. The first-order valence-electron chi connectivity index (χ1n) is 10.6. The van der Waals surface area contributed by atoms with Gasteiger partial charge >= 0.3 is 6.18 Å². The number of halogens is 4. The summed E-state index contributed by atoms with van der Waals surface area (Å²) in [6.45, 7) is -0.553. The van der Waals surface area contributed by atoms with Crippen LogP contribution in [0.3, 0.4) is 0 Å². The Morgan fingerprint density at radius 3 is 2.29 bits per heavy atom. The Kier molecular flexibility index (Phi) is 6.09. The van der Waals surface area contributed by atoms with Gasteiger partial charge in [0.2, 0.25) is 5.91 Å². The molecule has 0 unspecified atom stereocenters. The number of carbonyl (C=O) groups excluding carboxylic acids is 2. The van der Waals surface area contributed by atoms with Gasteiger partial charge in [-0.1, -0.05) is 12.1 Å². The third kappa shape index (κ3) is 4.73. The molecule has 1 saturated heterocycles. The number of alkyl halides is 3. The molecule has 1 N–H and O–H groups in total. The lowest BCUT2D eigenvalue weighted by atomic mass is 10.1. The standard InChI is InChI=1S/C23H19F4N3O4S/c24-15-7-5-14(6-8-15)21(32)30-12-16(11-18(30)20(31)29-22(13-28)9-10-22)35(33,34)19-4-2-1-3-17(19)23(25,26)27/h1-8,16,18H,9-12H2,(H,29,31)/t16-,18+/m1/s1. The van der Waals surface area contributed by atoms with Crippen molar-refractivity contribution in [1.82, 2.24) is 10.2 Å². The Labute approximate surface area is 198 Å². The van der Waals surface area contributed by atoms with Crippen LogP contribution in [0.4, 0.5) is 17.6 Å². The smallest absolute Gasteiger partial charge is 0.336 e. The highest BCUT2D eigenvalue weighted by Gasteiger charge is 2.51. The van der Waals surface area contributed by atoms with Gasteiger partial charge in [0.1, 0.15) is 17.4 Å². The van der Waals surface area contributed by atoms with E-state index in [2.05, 4.69) is 5.32 Å². The molecular formula is C23H19F4N3O4S. The SMILES string of the molecule is N#CC1(NC(=O)[C@@H]2C[C@@H](S(=O)(=O)c3ccccc3C(F)(F)F)CN2C(=O)c2ccc(F)cc2)CC1. The van der Waals surface area contributed by atoms with E-state index in [-0.39, 0.29) is 5.56 Å². The Bertz CT molecular complexity index is 1320. The second kappa shape index (κ2) is 8.64. The molecule has 2 aliphatic rings. The minimum atomic E-state index is -4.94. The maximum absolute atomic E-state index is 13.5. The number of rotatable bonds is 5. The van der Waals surface area contributed by atoms with Crippen LogP contribution in [0, 0.1) is 17.1 Å². The number of likely N-dealkylation sites (tertiary alicyclic amines) is 1. The first kappa shape index (κ1) is 24.7. The summed E-state index contributed by atoms with van der Waals surface area (Å²) in [5.74, 6) is -2.18. The number of benzene rings is 2. The zero-order valence-corrected chi connectivity index (χ0v) is 18.9. The number of nitrogens with zero attached hydrogens (tertiary/aromatic N) is 2. The molecule has 0 bridgehead atoms. The number of nitrogens with one attached hydrogen (secondary N) is 1. The van der Waals surface area contributed by atoms with Gasteiger partial charge in [-0.05, 0) is 55.7 Å². The van der Waals surface area contributed by atoms with Crippen molar-refractivity contribution in [2.24, 2.45) is 0 Å². The molecule has 4 rings (SSSR count). The number of hydrogen-bond acceptors (Lipinski definition) is 5. The van der Waals surface area contributed by atoms with Gasteiger partial charge in [0, 0.05) is 12.1 Å². The predicted octanol–water partition coefficient (Wildman–Crippen LogP) is 3.07. The molecule has 2 amide bonds. The topological polar surface area (TPSA) is 107 Å². The van der Waals surface area contributed by atoms with Crippen molar-refractivity contribution in [1.29, 1.82) is 5.26 Å². The molecule has 0 radical (unpaired) electrons. The molecule has 2 atom stereocenters. The highest BCUT2D eigenvalue weighted by molar-refractivity contribution is 7.92. The summed E-state index contributed by atoms with van der Waals surface area (Å²) in [4.78, 5) is 26.2. The third-order valence-corrected chi connectivity index (χ3v) is 8.37. The third-order valence-electron chi connectivity index (χ3n) is 6.18. The molecule has 1 aliphatic heterocycles. The van der Waals surface area contributed by atoms with Crippen LogP contribution < -0.4 is 5.32 Å². The van der Waals surface area contributed by atoms with Crippen LogP contribution in [0.1, 0.15) is 35.2 Å². The van der Waals surface area contributed by atoms with Gasteiger partial charge in [-0.3, -0.25) is 9.59 Å². The van der Waals surface area contributed by atoms with Crippen molar-refractivity contribution in [3.05, 3.63) is 65.5 Å². The lowest BCUT2D eigenvalue weighted by molar-refractivity contribution is -0.139. The van der Waals surface area contributed by atoms with Crippen molar-refractivity contribution < 1.29 is 35.6 Å². The summed E-state index contributed by atoms with van der Waals surface area (Å²) in [6.07, 6.45) is -4.63. The Morgan fingerprint density at radius 2 is 1.71 bits per heavy atom. The molecule has 7 nitrogen and oxygen atoms in total. The van der Waals surface area contributed by atoms with Gasteiger partial charge in [-0.15, -0.1) is 0 Å². The fourth-order valence-electron chi connectivity index (χ4n) is 4.09. The van der Waals surface area contributed by atoms with E-state index in [1.165, 1.54) is 0 Å². The quantitative estimate of drug-likeness (QED) is 0.624. The fraction of sp³-hybridized carbons (Fsp3) is 0.348. The Balaban J connectivity index is 1.70. The van der Waals surface area contributed by atoms with Gasteiger partial charge in [0.15, 0.2) is 9.84 Å². The van der Waals surface area contributed by atoms with E-state index >= 15 is 0 Å². The number of amides is 2. The van der Waals surface area contributed by atoms with Gasteiger partial charge in [-0.25, -0.2) is 12.8 Å². The van der Waals surface area contributed by atoms with E-state index in [1.54, 1.807) is 0 Å². The number of carbonyl (C=O) groups is 2. The van der Waals surface area contributed by atoms with Gasteiger partial charge in [-0.2, -0.15) is 18.4 Å². The second-order valence-electron chi connectivity index (χ2n) is 8.56. The fourth-order valence-corrected chi connectivity index (χ4v) is 6.00. The van der Waals surface area contributed by atoms with E-state index in [0.29, 0.717) is 18.9 Å². The minimum absolute atomic E-state index is 0.0284. The van der Waals surface area contributed by atoms with E-state index < -0.39 is 73.9 Å². The molecule has 184 valence electrons. The molecule has 0 spiro atoms. The average Bonchev–Trinajstić information content (AvgIpc) is 3.43. The average molecular weight is 509 g/mol. The van der Waals surface area contributed by atoms with Crippen molar-refractivity contribution in [2.75, 3.05) is 6.54 Å². The molecule has 2 aromatic carbocycles. The summed E-state index contributed by atoms with van der Waals surface area (Å²) in [5.41, 5.74) is -2.48. The summed E-state index contributed by atoms with van der Waals surface area (Å²) in [7, 11) is -4.63. The minimum Gasteiger partial charge on any atom is -0.336 e. The Morgan fingerprint density at radius 1 is 1.09 bits per heavy atom. The highest BCUT2D eigenvalue weighted by Crippen LogP contribution is 2.39. The van der Waals surface area contributed by atoms with Crippen molar-refractivity contribution in [2.45, 2.75) is 47.2 Å². The molecule has 1 aliphatic carbocycles. The van der Waals surface area contributed by atoms with Crippen LogP contribution >= 0.6 is 0 Å². The maximum atomic E-state index is 13.5. The first-order valence-corrected chi connectivity index (χ1v) is 12.1. The predicted molar refractivity (Wildman–Crippen MR) is 114 cm³/mol. The zero-order valence-electron chi connectivity index (χ0n) is 18.0. The first-order chi connectivity index (χ1) is 16.4. The molecule has 1 saturated carbocycles. The lowest BCUT2D eigenvalue weighted by Crippen LogP contribution is -2.49. The Hall–Kier alpha value is -3.46. The van der Waals surface area contributed by atoms with Gasteiger partial charge in [0.25, 0.3) is 5.91 Å². The highest BCUT2D eigenvalue weighted by atomic mass is 32.2. The van der Waals surface area contributed by atoms with Crippen LogP contribution in [0.25, 0.3) is 0 Å². The molecule has 35 heavy (non-hydrogen) atoms. The second-order valence-corrected chi connectivity index (χ2v) is 10.8. The van der Waals surface area contributed by atoms with Crippen molar-refractivity contribution >= 4 is 21.7 Å². The monoisotopic (exact) mass is 509 g/mol. The number of hydrogen-bond donors (Lipinski definition) is 1. The van der Waals surface area contributed by atoms with Gasteiger partial charge < -0.3 is 10.2 Å². The van der Waals surface area contributed by atoms with Crippen LogP contribution in [-0.4, -0.2) is 48.5 Å². The van der Waals surface area contributed by atoms with Crippen molar-refractivity contribution in [3.63, 3.8) is 0 Å². The van der Waals surface area contributed by atoms with Crippen LogP contribution in [-0.2, 0) is 20.8 Å². The molecule has 12 heteroatoms. The van der Waals surface area contributed by atoms with Gasteiger partial charge in [0.05, 0.1) is 21.8 Å². The van der Waals surface area contributed by atoms with Crippen molar-refractivity contribution in [3.8, 4) is 6.07 Å². The molecule has 2 aromatic rings. The summed E-state index contributed by atoms with van der Waals surface area (Å²) < 4.78 is 80.4. The van der Waals surface area contributed by atoms with E-state index in [4.69, 9.17) is 0 Å². The normalized spacial score (nSPS) is 21.3. The maximum Gasteiger partial charge on any atom is 0.417 e. The van der Waals surface area contributed by atoms with E-state index in [9.17, 15) is 40.8 Å². The number of sulfone groups is 1. The summed E-state index contributed by atoms with van der Waals surface area (Å²) in [6, 6.07) is 8.67. The molecule has 1 heterocycles.